The fourth-order valence-electron chi connectivity index (χ4n) is 3.58. The minimum Gasteiger partial charge on any atom is -0.455 e. The van der Waals surface area contributed by atoms with Gasteiger partial charge >= 0.3 is 17.8 Å². The Balaban J connectivity index is 1.90. The molecule has 0 saturated heterocycles. The van der Waals surface area contributed by atoms with E-state index >= 15 is 0 Å². The zero-order chi connectivity index (χ0) is 21.5. The molecule has 10 heteroatoms. The molecule has 1 aliphatic heterocycles. The van der Waals surface area contributed by atoms with Crippen LogP contribution in [0.25, 0.3) is 27.9 Å². The van der Waals surface area contributed by atoms with Crippen molar-refractivity contribution in [1.82, 2.24) is 0 Å². The summed E-state index contributed by atoms with van der Waals surface area (Å²) in [5.74, 6) is -20.3. The molecule has 1 aliphatic carbocycles. The number of alkyl halides is 6. The number of fused-ring (bicyclic) bond motifs is 2. The number of hydrogen-bond acceptors (Lipinski definition) is 3. The number of allylic oxidation sites excluding steroid dienone is 2. The van der Waals surface area contributed by atoms with Crippen molar-refractivity contribution in [2.75, 3.05) is 6.79 Å². The standard InChI is InChI=1S/C20H9F7O3/c21-17-15(18(22,23)20(26,27)19(17,24)25)14-10-6-12-13(29-8-28-12)7-11(10)30-16(14)9-4-2-1-3-5-9/h1-7H,8H2. The second-order valence-corrected chi connectivity index (χ2v) is 6.79. The molecule has 156 valence electrons. The zero-order valence-electron chi connectivity index (χ0n) is 14.6. The fraction of sp³-hybridized carbons (Fsp3) is 0.200. The lowest BCUT2D eigenvalue weighted by atomic mass is 9.95. The molecule has 0 atom stereocenters. The number of furan rings is 1. The van der Waals surface area contributed by atoms with Gasteiger partial charge in [-0.1, -0.05) is 30.3 Å². The first kappa shape index (κ1) is 18.8. The number of hydrogen-bond donors (Lipinski definition) is 0. The first-order chi connectivity index (χ1) is 14.1. The van der Waals surface area contributed by atoms with Crippen LogP contribution in [0.15, 0.2) is 52.7 Å². The van der Waals surface area contributed by atoms with Crippen molar-refractivity contribution in [1.29, 1.82) is 0 Å². The minimum absolute atomic E-state index is 0.0463. The second-order valence-electron chi connectivity index (χ2n) is 6.79. The van der Waals surface area contributed by atoms with Crippen LogP contribution >= 0.6 is 0 Å². The first-order valence-corrected chi connectivity index (χ1v) is 8.53. The van der Waals surface area contributed by atoms with Gasteiger partial charge in [0.25, 0.3) is 0 Å². The predicted molar refractivity (Wildman–Crippen MR) is 90.6 cm³/mol. The molecular weight excluding hydrogens is 421 g/mol. The van der Waals surface area contributed by atoms with Crippen molar-refractivity contribution in [3.63, 3.8) is 0 Å². The van der Waals surface area contributed by atoms with Gasteiger partial charge in [0.2, 0.25) is 6.79 Å². The van der Waals surface area contributed by atoms with Crippen LogP contribution in [0.4, 0.5) is 30.7 Å². The zero-order valence-corrected chi connectivity index (χ0v) is 14.6. The van der Waals surface area contributed by atoms with Crippen LogP contribution in [-0.2, 0) is 0 Å². The molecule has 3 nitrogen and oxygen atoms in total. The summed E-state index contributed by atoms with van der Waals surface area (Å²) in [5.41, 5.74) is -3.06. The van der Waals surface area contributed by atoms with Crippen LogP contribution in [0.5, 0.6) is 11.5 Å². The third-order valence-corrected chi connectivity index (χ3v) is 5.07. The van der Waals surface area contributed by atoms with Gasteiger partial charge < -0.3 is 13.9 Å². The summed E-state index contributed by atoms with van der Waals surface area (Å²) in [6.45, 7) is -0.202. The lowest BCUT2D eigenvalue weighted by Crippen LogP contribution is -2.48. The highest BCUT2D eigenvalue weighted by molar-refractivity contribution is 6.02. The smallest absolute Gasteiger partial charge is 0.383 e. The molecule has 0 radical (unpaired) electrons. The topological polar surface area (TPSA) is 31.6 Å². The van der Waals surface area contributed by atoms with Crippen molar-refractivity contribution in [3.05, 3.63) is 53.9 Å². The normalized spacial score (nSPS) is 20.9. The summed E-state index contributed by atoms with van der Waals surface area (Å²) in [5, 5.41) is -0.295. The largest absolute Gasteiger partial charge is 0.455 e. The Hall–Kier alpha value is -3.17. The SMILES string of the molecule is FC1=C(c2c(-c3ccccc3)oc3cc4c(cc23)OCO4)C(F)(F)C(F)(F)C1(F)F. The van der Waals surface area contributed by atoms with Gasteiger partial charge in [-0.3, -0.25) is 0 Å². The Morgan fingerprint density at radius 2 is 1.43 bits per heavy atom. The second kappa shape index (κ2) is 5.71. The molecule has 2 aromatic carbocycles. The molecule has 0 amide bonds. The molecule has 2 aliphatic rings. The molecule has 0 unspecified atom stereocenters. The summed E-state index contributed by atoms with van der Waals surface area (Å²) in [6, 6.07) is 9.64. The highest BCUT2D eigenvalue weighted by Crippen LogP contribution is 2.64. The van der Waals surface area contributed by atoms with Gasteiger partial charge in [-0.05, 0) is 6.07 Å². The van der Waals surface area contributed by atoms with Gasteiger partial charge in [0.15, 0.2) is 17.3 Å². The Morgan fingerprint density at radius 1 is 0.800 bits per heavy atom. The molecule has 0 N–H and O–H groups in total. The number of ether oxygens (including phenoxy) is 2. The van der Waals surface area contributed by atoms with E-state index < -0.39 is 40.5 Å². The van der Waals surface area contributed by atoms with Crippen molar-refractivity contribution < 1.29 is 44.6 Å². The molecule has 3 aromatic rings. The van der Waals surface area contributed by atoms with E-state index in [0.717, 1.165) is 6.07 Å². The van der Waals surface area contributed by atoms with Crippen molar-refractivity contribution in [2.24, 2.45) is 0 Å². The Kier molecular flexibility index (Phi) is 3.58. The summed E-state index contributed by atoms with van der Waals surface area (Å²) >= 11 is 0. The molecule has 0 spiro atoms. The lowest BCUT2D eigenvalue weighted by molar-refractivity contribution is -0.263. The highest BCUT2D eigenvalue weighted by Gasteiger charge is 2.81. The van der Waals surface area contributed by atoms with Gasteiger partial charge in [-0.15, -0.1) is 0 Å². The van der Waals surface area contributed by atoms with E-state index in [0.29, 0.717) is 0 Å². The highest BCUT2D eigenvalue weighted by atomic mass is 19.3. The number of rotatable bonds is 2. The molecule has 0 bridgehead atoms. The molecular formula is C20H9F7O3. The van der Waals surface area contributed by atoms with Gasteiger partial charge in [0.1, 0.15) is 11.3 Å². The van der Waals surface area contributed by atoms with E-state index in [2.05, 4.69) is 0 Å². The van der Waals surface area contributed by atoms with Crippen LogP contribution in [0, 0.1) is 0 Å². The van der Waals surface area contributed by atoms with E-state index in [9.17, 15) is 30.7 Å². The predicted octanol–water partition coefficient (Wildman–Crippen LogP) is 6.43. The number of benzene rings is 2. The van der Waals surface area contributed by atoms with Gasteiger partial charge in [-0.2, -0.15) is 26.3 Å². The Labute approximate surface area is 163 Å². The van der Waals surface area contributed by atoms with Crippen LogP contribution in [0.3, 0.4) is 0 Å². The Bertz CT molecular complexity index is 1210. The average molecular weight is 430 g/mol. The average Bonchev–Trinajstić information content (AvgIpc) is 3.32. The van der Waals surface area contributed by atoms with Crippen molar-refractivity contribution in [3.8, 4) is 22.8 Å². The maximum atomic E-state index is 14.6. The van der Waals surface area contributed by atoms with Crippen LogP contribution in [-0.4, -0.2) is 24.6 Å². The molecule has 30 heavy (non-hydrogen) atoms. The Morgan fingerprint density at radius 3 is 2.03 bits per heavy atom. The number of halogens is 7. The maximum Gasteiger partial charge on any atom is 0.383 e. The van der Waals surface area contributed by atoms with Gasteiger partial charge in [0, 0.05) is 22.6 Å². The molecule has 2 heterocycles. The van der Waals surface area contributed by atoms with E-state index in [4.69, 9.17) is 13.9 Å². The molecule has 0 fully saturated rings. The van der Waals surface area contributed by atoms with Crippen molar-refractivity contribution >= 4 is 16.5 Å². The van der Waals surface area contributed by atoms with Crippen LogP contribution in [0.1, 0.15) is 5.56 Å². The van der Waals surface area contributed by atoms with E-state index in [1.807, 2.05) is 0 Å². The molecule has 5 rings (SSSR count). The third-order valence-electron chi connectivity index (χ3n) is 5.07. The van der Waals surface area contributed by atoms with Crippen LogP contribution in [0.2, 0.25) is 0 Å². The fourth-order valence-corrected chi connectivity index (χ4v) is 3.58. The van der Waals surface area contributed by atoms with E-state index in [-0.39, 0.29) is 34.8 Å². The first-order valence-electron chi connectivity index (χ1n) is 8.53. The lowest BCUT2D eigenvalue weighted by Gasteiger charge is -2.24. The monoisotopic (exact) mass is 430 g/mol. The molecule has 1 aromatic heterocycles. The molecule has 0 saturated carbocycles. The summed E-state index contributed by atoms with van der Waals surface area (Å²) in [7, 11) is 0. The van der Waals surface area contributed by atoms with E-state index in [1.165, 1.54) is 30.3 Å². The van der Waals surface area contributed by atoms with Gasteiger partial charge in [0.05, 0.1) is 5.57 Å². The van der Waals surface area contributed by atoms with E-state index in [1.54, 1.807) is 6.07 Å². The van der Waals surface area contributed by atoms with Crippen LogP contribution < -0.4 is 9.47 Å². The summed E-state index contributed by atoms with van der Waals surface area (Å²) < 4.78 is 115. The third kappa shape index (κ3) is 2.16. The summed E-state index contributed by atoms with van der Waals surface area (Å²) in [6.07, 6.45) is 0. The van der Waals surface area contributed by atoms with Crippen molar-refractivity contribution in [2.45, 2.75) is 17.8 Å². The van der Waals surface area contributed by atoms with Gasteiger partial charge in [-0.25, -0.2) is 4.39 Å². The quantitative estimate of drug-likeness (QED) is 0.439. The summed E-state index contributed by atoms with van der Waals surface area (Å²) in [4.78, 5) is 0. The maximum absolute atomic E-state index is 14.6. The minimum atomic E-state index is -5.96.